The molecule has 0 aromatic heterocycles. The molecule has 3 atom stereocenters. The lowest BCUT2D eigenvalue weighted by molar-refractivity contribution is -0.109. The Bertz CT molecular complexity index is 459. The van der Waals surface area contributed by atoms with E-state index in [0.29, 0.717) is 18.9 Å². The summed E-state index contributed by atoms with van der Waals surface area (Å²) in [7, 11) is -3.02. The minimum absolute atomic E-state index is 0.0877. The van der Waals surface area contributed by atoms with Crippen LogP contribution in [-0.2, 0) is 9.84 Å². The van der Waals surface area contributed by atoms with Gasteiger partial charge in [-0.3, -0.25) is 0 Å². The van der Waals surface area contributed by atoms with Gasteiger partial charge in [0, 0.05) is 12.0 Å². The maximum absolute atomic E-state index is 11.9. The van der Waals surface area contributed by atoms with Crippen molar-refractivity contribution in [2.24, 2.45) is 23.0 Å². The van der Waals surface area contributed by atoms with Crippen molar-refractivity contribution >= 4 is 9.84 Å². The van der Waals surface area contributed by atoms with Crippen molar-refractivity contribution in [3.8, 4) is 0 Å². The number of aliphatic hydroxyl groups is 1. The van der Waals surface area contributed by atoms with E-state index in [2.05, 4.69) is 0 Å². The Kier molecular flexibility index (Phi) is 3.23. The Balaban J connectivity index is 1.85. The van der Waals surface area contributed by atoms with Crippen molar-refractivity contribution in [2.75, 3.05) is 18.1 Å². The quantitative estimate of drug-likeness (QED) is 0.814. The molecule has 1 heterocycles. The minimum atomic E-state index is -3.02. The first kappa shape index (κ1) is 13.8. The fourth-order valence-corrected chi connectivity index (χ4v) is 6.60. The van der Waals surface area contributed by atoms with Crippen LogP contribution in [0.2, 0.25) is 0 Å². The standard InChI is InChI=1S/C14H25NO3S/c15-9-13(6-7-19(17,18)10-13)14(16)5-1-2-12(8-14)11-3-4-11/h11-12,16H,1-10,15H2. The second-order valence-electron chi connectivity index (χ2n) is 7.05. The molecule has 3 N–H and O–H groups in total. The van der Waals surface area contributed by atoms with E-state index in [1.54, 1.807) is 0 Å². The molecule has 1 aliphatic heterocycles. The Morgan fingerprint density at radius 1 is 1.16 bits per heavy atom. The van der Waals surface area contributed by atoms with Gasteiger partial charge in [-0.1, -0.05) is 6.42 Å². The predicted molar refractivity (Wildman–Crippen MR) is 74.4 cm³/mol. The fourth-order valence-electron chi connectivity index (χ4n) is 4.38. The molecule has 2 aliphatic carbocycles. The van der Waals surface area contributed by atoms with E-state index in [1.807, 2.05) is 0 Å². The van der Waals surface area contributed by atoms with E-state index in [-0.39, 0.29) is 11.5 Å². The molecule has 4 nitrogen and oxygen atoms in total. The molecule has 0 bridgehead atoms. The first-order chi connectivity index (χ1) is 8.90. The zero-order valence-corrected chi connectivity index (χ0v) is 12.3. The summed E-state index contributed by atoms with van der Waals surface area (Å²) in [6.45, 7) is 0.292. The van der Waals surface area contributed by atoms with Crippen LogP contribution in [0.4, 0.5) is 0 Å². The number of hydrogen-bond donors (Lipinski definition) is 2. The van der Waals surface area contributed by atoms with E-state index in [0.717, 1.165) is 25.2 Å². The maximum Gasteiger partial charge on any atom is 0.151 e. The third-order valence-electron chi connectivity index (χ3n) is 5.82. The van der Waals surface area contributed by atoms with Gasteiger partial charge in [-0.2, -0.15) is 0 Å². The smallest absolute Gasteiger partial charge is 0.151 e. The number of hydrogen-bond acceptors (Lipinski definition) is 4. The number of rotatable bonds is 3. The van der Waals surface area contributed by atoms with Crippen LogP contribution in [-0.4, -0.2) is 37.2 Å². The van der Waals surface area contributed by atoms with Gasteiger partial charge in [-0.25, -0.2) is 8.42 Å². The lowest BCUT2D eigenvalue weighted by Gasteiger charge is -2.48. The second kappa shape index (κ2) is 4.43. The molecule has 1 saturated heterocycles. The van der Waals surface area contributed by atoms with Crippen molar-refractivity contribution in [3.05, 3.63) is 0 Å². The average molecular weight is 287 g/mol. The van der Waals surface area contributed by atoms with Crippen LogP contribution < -0.4 is 5.73 Å². The normalized spacial score (nSPS) is 46.3. The lowest BCUT2D eigenvalue weighted by atomic mass is 9.61. The fraction of sp³-hybridized carbons (Fsp3) is 1.00. The van der Waals surface area contributed by atoms with Crippen molar-refractivity contribution in [1.29, 1.82) is 0 Å². The van der Waals surface area contributed by atoms with Crippen molar-refractivity contribution in [2.45, 2.75) is 50.5 Å². The molecular formula is C14H25NO3S. The van der Waals surface area contributed by atoms with E-state index in [1.165, 1.54) is 19.3 Å². The molecule has 110 valence electrons. The zero-order valence-electron chi connectivity index (χ0n) is 11.5. The Labute approximate surface area is 115 Å². The SMILES string of the molecule is NCC1(C2(O)CCCC(C3CC3)C2)CCS(=O)(=O)C1. The summed E-state index contributed by atoms with van der Waals surface area (Å²) < 4.78 is 23.7. The van der Waals surface area contributed by atoms with E-state index >= 15 is 0 Å². The van der Waals surface area contributed by atoms with Gasteiger partial charge in [0.1, 0.15) is 0 Å². The molecule has 0 radical (unpaired) electrons. The van der Waals surface area contributed by atoms with Crippen molar-refractivity contribution in [3.63, 3.8) is 0 Å². The highest BCUT2D eigenvalue weighted by atomic mass is 32.2. The molecular weight excluding hydrogens is 262 g/mol. The molecule has 2 saturated carbocycles. The van der Waals surface area contributed by atoms with Crippen molar-refractivity contribution < 1.29 is 13.5 Å². The van der Waals surface area contributed by atoms with Gasteiger partial charge >= 0.3 is 0 Å². The molecule has 0 spiro atoms. The Hall–Kier alpha value is -0.130. The molecule has 0 aromatic carbocycles. The largest absolute Gasteiger partial charge is 0.389 e. The molecule has 0 aromatic rings. The van der Waals surface area contributed by atoms with Gasteiger partial charge in [0.15, 0.2) is 9.84 Å². The van der Waals surface area contributed by atoms with E-state index in [9.17, 15) is 13.5 Å². The highest BCUT2D eigenvalue weighted by Gasteiger charge is 2.57. The summed E-state index contributed by atoms with van der Waals surface area (Å²) in [5.41, 5.74) is 4.48. The highest BCUT2D eigenvalue weighted by molar-refractivity contribution is 7.91. The van der Waals surface area contributed by atoms with Crippen LogP contribution in [0.15, 0.2) is 0 Å². The van der Waals surface area contributed by atoms with Crippen LogP contribution in [0, 0.1) is 17.3 Å². The maximum atomic E-state index is 11.9. The van der Waals surface area contributed by atoms with E-state index in [4.69, 9.17) is 5.73 Å². The zero-order chi connectivity index (χ0) is 13.7. The Morgan fingerprint density at radius 3 is 2.42 bits per heavy atom. The highest BCUT2D eigenvalue weighted by Crippen LogP contribution is 2.54. The lowest BCUT2D eigenvalue weighted by Crippen LogP contribution is -2.56. The van der Waals surface area contributed by atoms with Gasteiger partial charge in [0.05, 0.1) is 17.1 Å². The number of nitrogens with two attached hydrogens (primary N) is 1. The molecule has 0 amide bonds. The third-order valence-corrected chi connectivity index (χ3v) is 7.64. The summed E-state index contributed by atoms with van der Waals surface area (Å²) in [6.07, 6.45) is 6.82. The predicted octanol–water partition coefficient (Wildman–Crippen LogP) is 1.08. The first-order valence-corrected chi connectivity index (χ1v) is 9.35. The van der Waals surface area contributed by atoms with Crippen LogP contribution in [0.3, 0.4) is 0 Å². The second-order valence-corrected chi connectivity index (χ2v) is 9.24. The van der Waals surface area contributed by atoms with Gasteiger partial charge in [-0.05, 0) is 50.4 Å². The summed E-state index contributed by atoms with van der Waals surface area (Å²) in [6, 6.07) is 0. The van der Waals surface area contributed by atoms with Crippen LogP contribution in [0.1, 0.15) is 44.9 Å². The molecule has 19 heavy (non-hydrogen) atoms. The molecule has 5 heteroatoms. The topological polar surface area (TPSA) is 80.4 Å². The summed E-state index contributed by atoms with van der Waals surface area (Å²) >= 11 is 0. The average Bonchev–Trinajstić information content (AvgIpc) is 3.14. The first-order valence-electron chi connectivity index (χ1n) is 7.53. The summed E-state index contributed by atoms with van der Waals surface area (Å²) in [5, 5.41) is 11.2. The third kappa shape index (κ3) is 2.34. The van der Waals surface area contributed by atoms with Crippen LogP contribution >= 0.6 is 0 Å². The van der Waals surface area contributed by atoms with Gasteiger partial charge < -0.3 is 10.8 Å². The van der Waals surface area contributed by atoms with Gasteiger partial charge in [-0.15, -0.1) is 0 Å². The van der Waals surface area contributed by atoms with Gasteiger partial charge in [0.25, 0.3) is 0 Å². The minimum Gasteiger partial charge on any atom is -0.389 e. The monoisotopic (exact) mass is 287 g/mol. The molecule has 3 unspecified atom stereocenters. The molecule has 3 fully saturated rings. The Morgan fingerprint density at radius 2 is 1.89 bits per heavy atom. The van der Waals surface area contributed by atoms with Crippen LogP contribution in [0.25, 0.3) is 0 Å². The number of sulfone groups is 1. The van der Waals surface area contributed by atoms with Gasteiger partial charge in [0.2, 0.25) is 0 Å². The van der Waals surface area contributed by atoms with Crippen LogP contribution in [0.5, 0.6) is 0 Å². The molecule has 3 rings (SSSR count). The summed E-state index contributed by atoms with van der Waals surface area (Å²) in [4.78, 5) is 0. The summed E-state index contributed by atoms with van der Waals surface area (Å²) in [5.74, 6) is 1.65. The van der Waals surface area contributed by atoms with Crippen molar-refractivity contribution in [1.82, 2.24) is 0 Å². The van der Waals surface area contributed by atoms with E-state index < -0.39 is 20.9 Å². The molecule has 3 aliphatic rings.